The van der Waals surface area contributed by atoms with Crippen molar-refractivity contribution in [2.45, 2.75) is 37.8 Å². The molecule has 156 valence electrons. The summed E-state index contributed by atoms with van der Waals surface area (Å²) in [5, 5.41) is 9.42. The summed E-state index contributed by atoms with van der Waals surface area (Å²) in [7, 11) is -4.07. The Kier molecular flexibility index (Phi) is 7.40. The largest absolute Gasteiger partial charge is 0.478 e. The number of nitrogens with two attached hydrogens (primary N) is 1. The summed E-state index contributed by atoms with van der Waals surface area (Å²) in [5.41, 5.74) is 6.17. The number of hydrogen-bond acceptors (Lipinski definition) is 4. The number of carboxylic acid groups (broad SMARTS) is 1. The molecule has 1 unspecified atom stereocenters. The number of nitrogens with zero attached hydrogens (tertiary/aromatic N) is 1. The Morgan fingerprint density at radius 2 is 1.62 bits per heavy atom. The Bertz CT molecular complexity index is 973. The van der Waals surface area contributed by atoms with Crippen LogP contribution in [0.2, 0.25) is 5.02 Å². The molecule has 0 radical (unpaired) electrons. The van der Waals surface area contributed by atoms with Crippen LogP contribution in [0.15, 0.2) is 53.4 Å². The lowest BCUT2D eigenvalue weighted by molar-refractivity contribution is -0.122. The fourth-order valence-corrected chi connectivity index (χ4v) is 4.58. The van der Waals surface area contributed by atoms with Crippen LogP contribution in [-0.2, 0) is 21.4 Å². The standard InChI is InChI=1S/C20H23ClN2O5S/c1-13(2)11-18(19(22)24)23(12-14-3-5-15(6-4-14)20(25)26)29(27,28)17-9-7-16(21)8-10-17/h3-10,13,18H,11-12H2,1-2H3,(H2,22,24)(H,25,26). The first-order valence-electron chi connectivity index (χ1n) is 8.91. The van der Waals surface area contributed by atoms with Gasteiger partial charge in [0.25, 0.3) is 0 Å². The molecule has 0 heterocycles. The van der Waals surface area contributed by atoms with E-state index in [4.69, 9.17) is 22.4 Å². The number of carbonyl (C=O) groups excluding carboxylic acids is 1. The smallest absolute Gasteiger partial charge is 0.335 e. The molecule has 1 atom stereocenters. The minimum Gasteiger partial charge on any atom is -0.478 e. The van der Waals surface area contributed by atoms with Gasteiger partial charge in [0, 0.05) is 11.6 Å². The second-order valence-corrected chi connectivity index (χ2v) is 9.38. The minimum atomic E-state index is -4.07. The highest BCUT2D eigenvalue weighted by Gasteiger charge is 2.35. The van der Waals surface area contributed by atoms with Gasteiger partial charge in [0.1, 0.15) is 6.04 Å². The molecule has 0 bridgehead atoms. The van der Waals surface area contributed by atoms with Crippen molar-refractivity contribution in [1.82, 2.24) is 4.31 Å². The summed E-state index contributed by atoms with van der Waals surface area (Å²) in [6.07, 6.45) is 0.245. The van der Waals surface area contributed by atoms with Gasteiger partial charge in [0.15, 0.2) is 0 Å². The number of halogens is 1. The van der Waals surface area contributed by atoms with E-state index in [0.717, 1.165) is 4.31 Å². The molecular formula is C20H23ClN2O5S. The quantitative estimate of drug-likeness (QED) is 0.623. The van der Waals surface area contributed by atoms with Gasteiger partial charge in [-0.25, -0.2) is 13.2 Å². The van der Waals surface area contributed by atoms with Gasteiger partial charge < -0.3 is 10.8 Å². The van der Waals surface area contributed by atoms with Crippen molar-refractivity contribution in [2.24, 2.45) is 11.7 Å². The molecule has 2 rings (SSSR count). The van der Waals surface area contributed by atoms with Gasteiger partial charge in [0.2, 0.25) is 15.9 Å². The predicted molar refractivity (Wildman–Crippen MR) is 110 cm³/mol. The molecular weight excluding hydrogens is 416 g/mol. The zero-order valence-electron chi connectivity index (χ0n) is 16.1. The molecule has 9 heteroatoms. The zero-order chi connectivity index (χ0) is 21.8. The van der Waals surface area contributed by atoms with Crippen LogP contribution in [0, 0.1) is 5.92 Å². The number of amides is 1. The second-order valence-electron chi connectivity index (χ2n) is 7.05. The van der Waals surface area contributed by atoms with Crippen molar-refractivity contribution >= 4 is 33.5 Å². The summed E-state index contributed by atoms with van der Waals surface area (Å²) in [6, 6.07) is 10.4. The summed E-state index contributed by atoms with van der Waals surface area (Å²) in [5.74, 6) is -1.82. The van der Waals surface area contributed by atoms with Gasteiger partial charge in [-0.05, 0) is 54.3 Å². The summed E-state index contributed by atoms with van der Waals surface area (Å²) >= 11 is 5.86. The average molecular weight is 439 g/mol. The maximum Gasteiger partial charge on any atom is 0.335 e. The highest BCUT2D eigenvalue weighted by atomic mass is 35.5. The number of aromatic carboxylic acids is 1. The summed E-state index contributed by atoms with van der Waals surface area (Å²) in [6.45, 7) is 3.60. The van der Waals surface area contributed by atoms with Gasteiger partial charge in [-0.3, -0.25) is 4.79 Å². The lowest BCUT2D eigenvalue weighted by Gasteiger charge is -2.30. The van der Waals surface area contributed by atoms with E-state index in [2.05, 4.69) is 0 Å². The second kappa shape index (κ2) is 9.39. The fraction of sp³-hybridized carbons (Fsp3) is 0.300. The average Bonchev–Trinajstić information content (AvgIpc) is 2.64. The Morgan fingerprint density at radius 3 is 2.07 bits per heavy atom. The van der Waals surface area contributed by atoms with Gasteiger partial charge in [-0.15, -0.1) is 0 Å². The molecule has 0 spiro atoms. The van der Waals surface area contributed by atoms with Crippen LogP contribution < -0.4 is 5.73 Å². The molecule has 0 aliphatic carbocycles. The number of primary amides is 1. The minimum absolute atomic E-state index is 0.0148. The van der Waals surface area contributed by atoms with Crippen molar-refractivity contribution in [3.63, 3.8) is 0 Å². The monoisotopic (exact) mass is 438 g/mol. The van der Waals surface area contributed by atoms with Gasteiger partial charge in [-0.1, -0.05) is 37.6 Å². The molecule has 0 saturated heterocycles. The highest BCUT2D eigenvalue weighted by molar-refractivity contribution is 7.89. The van der Waals surface area contributed by atoms with E-state index in [1.54, 1.807) is 0 Å². The highest BCUT2D eigenvalue weighted by Crippen LogP contribution is 2.25. The summed E-state index contributed by atoms with van der Waals surface area (Å²) in [4.78, 5) is 23.2. The van der Waals surface area contributed by atoms with Crippen LogP contribution in [0.25, 0.3) is 0 Å². The van der Waals surface area contributed by atoms with Crippen molar-refractivity contribution in [3.05, 3.63) is 64.7 Å². The Hall–Kier alpha value is -2.42. The number of carboxylic acids is 1. The van der Waals surface area contributed by atoms with Gasteiger partial charge >= 0.3 is 5.97 Å². The van der Waals surface area contributed by atoms with E-state index in [1.807, 2.05) is 13.8 Å². The Labute approximate surface area is 175 Å². The molecule has 3 N–H and O–H groups in total. The van der Waals surface area contributed by atoms with E-state index < -0.39 is 27.9 Å². The normalized spacial score (nSPS) is 12.9. The van der Waals surface area contributed by atoms with Crippen LogP contribution in [-0.4, -0.2) is 35.7 Å². The lowest BCUT2D eigenvalue weighted by Crippen LogP contribution is -2.48. The Morgan fingerprint density at radius 1 is 1.07 bits per heavy atom. The molecule has 29 heavy (non-hydrogen) atoms. The maximum atomic E-state index is 13.3. The zero-order valence-corrected chi connectivity index (χ0v) is 17.7. The van der Waals surface area contributed by atoms with E-state index in [-0.39, 0.29) is 29.3 Å². The molecule has 0 aliphatic heterocycles. The molecule has 0 fully saturated rings. The third-order valence-electron chi connectivity index (χ3n) is 4.33. The lowest BCUT2D eigenvalue weighted by atomic mass is 10.0. The summed E-state index contributed by atoms with van der Waals surface area (Å²) < 4.78 is 27.7. The SMILES string of the molecule is CC(C)CC(C(N)=O)N(Cc1ccc(C(=O)O)cc1)S(=O)(=O)c1ccc(Cl)cc1. The number of sulfonamides is 1. The van der Waals surface area contributed by atoms with Gasteiger partial charge in [-0.2, -0.15) is 4.31 Å². The van der Waals surface area contributed by atoms with E-state index in [0.29, 0.717) is 10.6 Å². The first kappa shape index (κ1) is 22.9. The molecule has 2 aromatic rings. The number of carbonyl (C=O) groups is 2. The fourth-order valence-electron chi connectivity index (χ4n) is 2.86. The van der Waals surface area contributed by atoms with Crippen molar-refractivity contribution in [2.75, 3.05) is 0 Å². The van der Waals surface area contributed by atoms with E-state index in [9.17, 15) is 18.0 Å². The molecule has 0 aliphatic rings. The molecule has 1 amide bonds. The topological polar surface area (TPSA) is 118 Å². The number of rotatable bonds is 9. The van der Waals surface area contributed by atoms with Crippen LogP contribution in [0.5, 0.6) is 0 Å². The molecule has 0 saturated carbocycles. The third-order valence-corrected chi connectivity index (χ3v) is 6.45. The van der Waals surface area contributed by atoms with E-state index in [1.165, 1.54) is 48.5 Å². The van der Waals surface area contributed by atoms with E-state index >= 15 is 0 Å². The van der Waals surface area contributed by atoms with Gasteiger partial charge in [0.05, 0.1) is 10.5 Å². The third kappa shape index (κ3) is 5.79. The number of hydrogen-bond donors (Lipinski definition) is 2. The predicted octanol–water partition coefficient (Wildman–Crippen LogP) is 3.13. The first-order valence-corrected chi connectivity index (χ1v) is 10.7. The van der Waals surface area contributed by atoms with Crippen LogP contribution in [0.1, 0.15) is 36.2 Å². The maximum absolute atomic E-state index is 13.3. The van der Waals surface area contributed by atoms with Crippen molar-refractivity contribution < 1.29 is 23.1 Å². The van der Waals surface area contributed by atoms with Crippen molar-refractivity contribution in [3.8, 4) is 0 Å². The first-order chi connectivity index (χ1) is 13.5. The van der Waals surface area contributed by atoms with Crippen LogP contribution in [0.3, 0.4) is 0 Å². The van der Waals surface area contributed by atoms with Crippen LogP contribution >= 0.6 is 11.6 Å². The molecule has 2 aromatic carbocycles. The molecule has 0 aromatic heterocycles. The Balaban J connectivity index is 2.50. The number of benzene rings is 2. The van der Waals surface area contributed by atoms with Crippen molar-refractivity contribution in [1.29, 1.82) is 0 Å². The van der Waals surface area contributed by atoms with Crippen LogP contribution in [0.4, 0.5) is 0 Å². The molecule has 7 nitrogen and oxygen atoms in total.